The van der Waals surface area contributed by atoms with Gasteiger partial charge in [0.2, 0.25) is 0 Å². The van der Waals surface area contributed by atoms with E-state index in [0.717, 1.165) is 0 Å². The molecule has 0 aliphatic rings. The highest BCUT2D eigenvalue weighted by atomic mass is 16.5. The summed E-state index contributed by atoms with van der Waals surface area (Å²) in [5.74, 6) is 0.230. The van der Waals surface area contributed by atoms with Crippen LogP contribution in [-0.4, -0.2) is 35.4 Å². The number of nitrogens with zero attached hydrogens (tertiary/aromatic N) is 2. The number of nitrogens with one attached hydrogen (secondary N) is 1. The second kappa shape index (κ2) is 6.24. The number of nitrogen functional groups attached to an aromatic ring is 1. The summed E-state index contributed by atoms with van der Waals surface area (Å²) in [6.45, 7) is 5.81. The molecule has 3 N–H and O–H groups in total. The minimum atomic E-state index is -0.267. The molecule has 6 heteroatoms. The van der Waals surface area contributed by atoms with Crippen LogP contribution in [0.1, 0.15) is 24.3 Å². The van der Waals surface area contributed by atoms with Crippen molar-refractivity contribution in [3.05, 3.63) is 11.9 Å². The minimum absolute atomic E-state index is 0.261. The van der Waals surface area contributed by atoms with Gasteiger partial charge in [-0.1, -0.05) is 13.8 Å². The lowest BCUT2D eigenvalue weighted by Gasteiger charge is -2.07. The number of nitrogens with two attached hydrogens (primary N) is 1. The molecule has 0 spiro atoms. The number of aromatic nitrogens is 2. The first-order chi connectivity index (χ1) is 8.00. The number of rotatable bonds is 6. The Morgan fingerprint density at radius 2 is 2.35 bits per heavy atom. The summed E-state index contributed by atoms with van der Waals surface area (Å²) in [7, 11) is 1.72. The zero-order chi connectivity index (χ0) is 12.8. The topological polar surface area (TPSA) is 82.2 Å². The molecule has 0 aliphatic heterocycles. The molecule has 0 saturated heterocycles. The standard InChI is InChI=1S/C11H20N4O2/c1-8(2)7-17-5-4-13-11(16)10-9(12)6-15(3)14-10/h6,8H,4-5,7,12H2,1-3H3,(H,13,16). The molecular weight excluding hydrogens is 220 g/mol. The van der Waals surface area contributed by atoms with Crippen molar-refractivity contribution >= 4 is 11.6 Å². The number of carbonyl (C=O) groups excluding carboxylic acids is 1. The predicted octanol–water partition coefficient (Wildman–Crippen LogP) is 0.405. The van der Waals surface area contributed by atoms with Crippen molar-refractivity contribution in [1.82, 2.24) is 15.1 Å². The number of aryl methyl sites for hydroxylation is 1. The Morgan fingerprint density at radius 3 is 2.88 bits per heavy atom. The van der Waals surface area contributed by atoms with Gasteiger partial charge in [0.1, 0.15) is 0 Å². The lowest BCUT2D eigenvalue weighted by molar-refractivity contribution is 0.0882. The summed E-state index contributed by atoms with van der Waals surface area (Å²) in [5, 5.41) is 6.68. The fraction of sp³-hybridized carbons (Fsp3) is 0.636. The molecule has 96 valence electrons. The second-order valence-electron chi connectivity index (χ2n) is 4.33. The van der Waals surface area contributed by atoms with Crippen molar-refractivity contribution in [2.24, 2.45) is 13.0 Å². The van der Waals surface area contributed by atoms with E-state index in [0.29, 0.717) is 31.4 Å². The molecule has 0 aliphatic carbocycles. The van der Waals surface area contributed by atoms with Gasteiger partial charge in [-0.05, 0) is 5.92 Å². The Hall–Kier alpha value is -1.56. The monoisotopic (exact) mass is 240 g/mol. The first kappa shape index (κ1) is 13.5. The van der Waals surface area contributed by atoms with Gasteiger partial charge < -0.3 is 15.8 Å². The Bertz CT molecular complexity index is 374. The second-order valence-corrected chi connectivity index (χ2v) is 4.33. The zero-order valence-electron chi connectivity index (χ0n) is 10.6. The van der Waals surface area contributed by atoms with Crippen molar-refractivity contribution in [3.8, 4) is 0 Å². The number of hydrogen-bond donors (Lipinski definition) is 2. The van der Waals surface area contributed by atoms with E-state index in [1.807, 2.05) is 0 Å². The minimum Gasteiger partial charge on any atom is -0.396 e. The molecule has 0 aromatic carbocycles. The van der Waals surface area contributed by atoms with Crippen molar-refractivity contribution < 1.29 is 9.53 Å². The Balaban J connectivity index is 2.28. The van der Waals surface area contributed by atoms with Gasteiger partial charge in [0, 0.05) is 26.4 Å². The average molecular weight is 240 g/mol. The van der Waals surface area contributed by atoms with E-state index in [4.69, 9.17) is 10.5 Å². The molecular formula is C11H20N4O2. The van der Waals surface area contributed by atoms with E-state index in [-0.39, 0.29) is 11.6 Å². The molecule has 0 fully saturated rings. The first-order valence-electron chi connectivity index (χ1n) is 5.65. The number of anilines is 1. The largest absolute Gasteiger partial charge is 0.396 e. The first-order valence-corrected chi connectivity index (χ1v) is 5.65. The van der Waals surface area contributed by atoms with E-state index >= 15 is 0 Å². The van der Waals surface area contributed by atoms with Crippen LogP contribution in [0.25, 0.3) is 0 Å². The highest BCUT2D eigenvalue weighted by Gasteiger charge is 2.12. The molecule has 0 saturated carbocycles. The lowest BCUT2D eigenvalue weighted by Crippen LogP contribution is -2.28. The summed E-state index contributed by atoms with van der Waals surface area (Å²) in [5.41, 5.74) is 6.28. The molecule has 0 atom stereocenters. The number of hydrogen-bond acceptors (Lipinski definition) is 4. The van der Waals surface area contributed by atoms with Crippen LogP contribution in [0.15, 0.2) is 6.20 Å². The molecule has 1 aromatic heterocycles. The number of carbonyl (C=O) groups is 1. The maximum absolute atomic E-state index is 11.7. The van der Waals surface area contributed by atoms with Crippen LogP contribution >= 0.6 is 0 Å². The fourth-order valence-electron chi connectivity index (χ4n) is 1.32. The molecule has 1 heterocycles. The highest BCUT2D eigenvalue weighted by Crippen LogP contribution is 2.07. The molecule has 0 bridgehead atoms. The van der Waals surface area contributed by atoms with Crippen LogP contribution in [0, 0.1) is 5.92 Å². The third-order valence-electron chi connectivity index (χ3n) is 2.06. The average Bonchev–Trinajstić information content (AvgIpc) is 2.56. The molecule has 1 rings (SSSR count). The van der Waals surface area contributed by atoms with Crippen molar-refractivity contribution in [2.75, 3.05) is 25.5 Å². The quantitative estimate of drug-likeness (QED) is 0.705. The Kier molecular flexibility index (Phi) is 4.96. The third kappa shape index (κ3) is 4.44. The zero-order valence-corrected chi connectivity index (χ0v) is 10.6. The number of ether oxygens (including phenoxy) is 1. The summed E-state index contributed by atoms with van der Waals surface area (Å²) < 4.78 is 6.86. The van der Waals surface area contributed by atoms with Crippen LogP contribution in [0.5, 0.6) is 0 Å². The van der Waals surface area contributed by atoms with Gasteiger partial charge in [-0.3, -0.25) is 9.48 Å². The van der Waals surface area contributed by atoms with Gasteiger partial charge >= 0.3 is 0 Å². The molecule has 1 amide bonds. The van der Waals surface area contributed by atoms with Crippen LogP contribution < -0.4 is 11.1 Å². The van der Waals surface area contributed by atoms with Gasteiger partial charge in [-0.15, -0.1) is 0 Å². The van der Waals surface area contributed by atoms with E-state index in [1.165, 1.54) is 4.68 Å². The van der Waals surface area contributed by atoms with Crippen LogP contribution in [-0.2, 0) is 11.8 Å². The maximum Gasteiger partial charge on any atom is 0.274 e. The molecule has 6 nitrogen and oxygen atoms in total. The van der Waals surface area contributed by atoms with Crippen LogP contribution in [0.4, 0.5) is 5.69 Å². The third-order valence-corrected chi connectivity index (χ3v) is 2.06. The molecule has 1 aromatic rings. The van der Waals surface area contributed by atoms with Gasteiger partial charge in [-0.25, -0.2) is 0 Å². The SMILES string of the molecule is CC(C)COCCNC(=O)c1nn(C)cc1N. The molecule has 17 heavy (non-hydrogen) atoms. The summed E-state index contributed by atoms with van der Waals surface area (Å²) in [4.78, 5) is 11.7. The van der Waals surface area contributed by atoms with Crippen LogP contribution in [0.2, 0.25) is 0 Å². The van der Waals surface area contributed by atoms with Crippen molar-refractivity contribution in [2.45, 2.75) is 13.8 Å². The molecule has 0 radical (unpaired) electrons. The predicted molar refractivity (Wildman–Crippen MR) is 65.6 cm³/mol. The Labute approximate surface area is 101 Å². The van der Waals surface area contributed by atoms with Crippen molar-refractivity contribution in [1.29, 1.82) is 0 Å². The van der Waals surface area contributed by atoms with Crippen molar-refractivity contribution in [3.63, 3.8) is 0 Å². The van der Waals surface area contributed by atoms with E-state index in [1.54, 1.807) is 13.2 Å². The number of amides is 1. The normalized spacial score (nSPS) is 10.8. The van der Waals surface area contributed by atoms with Gasteiger partial charge in [0.05, 0.1) is 12.3 Å². The molecule has 0 unspecified atom stereocenters. The van der Waals surface area contributed by atoms with Gasteiger partial charge in [0.25, 0.3) is 5.91 Å². The lowest BCUT2D eigenvalue weighted by atomic mass is 10.2. The highest BCUT2D eigenvalue weighted by molar-refractivity contribution is 5.96. The van der Waals surface area contributed by atoms with E-state index in [2.05, 4.69) is 24.3 Å². The summed E-state index contributed by atoms with van der Waals surface area (Å²) in [6, 6.07) is 0. The van der Waals surface area contributed by atoms with E-state index in [9.17, 15) is 4.79 Å². The van der Waals surface area contributed by atoms with Gasteiger partial charge in [0.15, 0.2) is 5.69 Å². The Morgan fingerprint density at radius 1 is 1.65 bits per heavy atom. The summed E-state index contributed by atoms with van der Waals surface area (Å²) in [6.07, 6.45) is 1.60. The van der Waals surface area contributed by atoms with Crippen LogP contribution in [0.3, 0.4) is 0 Å². The van der Waals surface area contributed by atoms with Gasteiger partial charge in [-0.2, -0.15) is 5.10 Å². The van der Waals surface area contributed by atoms with E-state index < -0.39 is 0 Å². The smallest absolute Gasteiger partial charge is 0.274 e. The summed E-state index contributed by atoms with van der Waals surface area (Å²) >= 11 is 0. The fourth-order valence-corrected chi connectivity index (χ4v) is 1.32. The maximum atomic E-state index is 11.7.